The molecule has 0 unspecified atom stereocenters. The van der Waals surface area contributed by atoms with Crippen molar-refractivity contribution in [3.05, 3.63) is 24.9 Å². The van der Waals surface area contributed by atoms with Gasteiger partial charge in [0.1, 0.15) is 0 Å². The van der Waals surface area contributed by atoms with Gasteiger partial charge in [0.05, 0.1) is 5.71 Å². The SMILES string of the molecule is C=CN/N=C(/CC)C(=C)C(C)C. The van der Waals surface area contributed by atoms with Crippen molar-refractivity contribution >= 4 is 5.71 Å². The van der Waals surface area contributed by atoms with Crippen LogP contribution in [-0.4, -0.2) is 5.71 Å². The van der Waals surface area contributed by atoms with E-state index in [1.54, 1.807) is 6.20 Å². The monoisotopic (exact) mass is 166 g/mol. The molecule has 2 nitrogen and oxygen atoms in total. The molecule has 68 valence electrons. The van der Waals surface area contributed by atoms with E-state index in [0.29, 0.717) is 5.92 Å². The molecular weight excluding hydrogens is 148 g/mol. The number of hydrogen-bond acceptors (Lipinski definition) is 2. The lowest BCUT2D eigenvalue weighted by atomic mass is 9.99. The summed E-state index contributed by atoms with van der Waals surface area (Å²) in [6.07, 6.45) is 2.46. The fourth-order valence-electron chi connectivity index (χ4n) is 0.835. The van der Waals surface area contributed by atoms with Crippen molar-refractivity contribution < 1.29 is 0 Å². The molecule has 0 bridgehead atoms. The van der Waals surface area contributed by atoms with Crippen LogP contribution in [0.4, 0.5) is 0 Å². The molecule has 12 heavy (non-hydrogen) atoms. The molecule has 0 radical (unpaired) electrons. The molecule has 0 spiro atoms. The minimum Gasteiger partial charge on any atom is -0.286 e. The van der Waals surface area contributed by atoms with Gasteiger partial charge >= 0.3 is 0 Å². The van der Waals surface area contributed by atoms with Crippen molar-refractivity contribution in [3.8, 4) is 0 Å². The summed E-state index contributed by atoms with van der Waals surface area (Å²) < 4.78 is 0. The van der Waals surface area contributed by atoms with Gasteiger partial charge in [-0.25, -0.2) is 0 Å². The maximum atomic E-state index is 4.13. The number of rotatable bonds is 5. The molecule has 0 rings (SSSR count). The number of allylic oxidation sites excluding steroid dienone is 1. The number of nitrogens with zero attached hydrogens (tertiary/aromatic N) is 1. The number of hydrazone groups is 1. The van der Waals surface area contributed by atoms with Gasteiger partial charge in [-0.1, -0.05) is 33.9 Å². The minimum absolute atomic E-state index is 0.454. The molecule has 0 aromatic carbocycles. The van der Waals surface area contributed by atoms with E-state index >= 15 is 0 Å². The molecule has 0 saturated heterocycles. The van der Waals surface area contributed by atoms with E-state index < -0.39 is 0 Å². The first-order chi connectivity index (χ1) is 5.63. The average Bonchev–Trinajstić information content (AvgIpc) is 2.05. The highest BCUT2D eigenvalue weighted by atomic mass is 15.3. The summed E-state index contributed by atoms with van der Waals surface area (Å²) in [7, 11) is 0. The summed E-state index contributed by atoms with van der Waals surface area (Å²) in [5, 5.41) is 4.13. The lowest BCUT2D eigenvalue weighted by Gasteiger charge is -2.10. The van der Waals surface area contributed by atoms with Gasteiger partial charge in [0.15, 0.2) is 0 Å². The Balaban J connectivity index is 4.33. The largest absolute Gasteiger partial charge is 0.286 e. The van der Waals surface area contributed by atoms with Crippen LogP contribution in [0.3, 0.4) is 0 Å². The van der Waals surface area contributed by atoms with Crippen LogP contribution in [0.15, 0.2) is 30.0 Å². The molecule has 0 aromatic heterocycles. The fraction of sp³-hybridized carbons (Fsp3) is 0.500. The Labute approximate surface area is 75.1 Å². The van der Waals surface area contributed by atoms with Gasteiger partial charge in [-0.05, 0) is 17.9 Å². The summed E-state index contributed by atoms with van der Waals surface area (Å²) in [4.78, 5) is 0. The van der Waals surface area contributed by atoms with Crippen molar-refractivity contribution in [1.82, 2.24) is 5.43 Å². The van der Waals surface area contributed by atoms with Crippen LogP contribution in [0.25, 0.3) is 0 Å². The standard InChI is InChI=1S/C10H18N2/c1-6-10(12-11-7-2)9(5)8(3)4/h7-8,11H,2,5-6H2,1,3-4H3/b12-10-. The van der Waals surface area contributed by atoms with Crippen molar-refractivity contribution in [1.29, 1.82) is 0 Å². The lowest BCUT2D eigenvalue weighted by molar-refractivity contribution is 0.795. The van der Waals surface area contributed by atoms with Crippen molar-refractivity contribution in [3.63, 3.8) is 0 Å². The van der Waals surface area contributed by atoms with Gasteiger partial charge in [-0.15, -0.1) is 0 Å². The third kappa shape index (κ3) is 3.37. The van der Waals surface area contributed by atoms with Crippen molar-refractivity contribution in [2.24, 2.45) is 11.0 Å². The van der Waals surface area contributed by atoms with Crippen LogP contribution >= 0.6 is 0 Å². The second kappa shape index (κ2) is 5.58. The highest BCUT2D eigenvalue weighted by Gasteiger charge is 2.05. The van der Waals surface area contributed by atoms with E-state index in [4.69, 9.17) is 0 Å². The Morgan fingerprint density at radius 3 is 2.50 bits per heavy atom. The normalized spacial score (nSPS) is 11.5. The molecule has 0 amide bonds. The Hall–Kier alpha value is -1.05. The summed E-state index contributed by atoms with van der Waals surface area (Å²) >= 11 is 0. The highest BCUT2D eigenvalue weighted by Crippen LogP contribution is 2.10. The van der Waals surface area contributed by atoms with Gasteiger partial charge in [-0.2, -0.15) is 5.10 Å². The predicted octanol–water partition coefficient (Wildman–Crippen LogP) is 2.70. The molecule has 0 heterocycles. The molecule has 2 heteroatoms. The topological polar surface area (TPSA) is 24.4 Å². The van der Waals surface area contributed by atoms with E-state index in [2.05, 4.69) is 44.5 Å². The Morgan fingerprint density at radius 1 is 1.58 bits per heavy atom. The fourth-order valence-corrected chi connectivity index (χ4v) is 0.835. The van der Waals surface area contributed by atoms with Gasteiger partial charge < -0.3 is 0 Å². The van der Waals surface area contributed by atoms with Gasteiger partial charge in [-0.3, -0.25) is 5.43 Å². The first-order valence-corrected chi connectivity index (χ1v) is 4.25. The Morgan fingerprint density at radius 2 is 2.17 bits per heavy atom. The van der Waals surface area contributed by atoms with Gasteiger partial charge in [0, 0.05) is 6.20 Å². The summed E-state index contributed by atoms with van der Waals surface area (Å²) in [5.41, 5.74) is 4.83. The van der Waals surface area contributed by atoms with E-state index in [0.717, 1.165) is 17.7 Å². The molecule has 0 aromatic rings. The summed E-state index contributed by atoms with van der Waals surface area (Å²) in [5.74, 6) is 0.454. The molecule has 1 N–H and O–H groups in total. The van der Waals surface area contributed by atoms with E-state index in [9.17, 15) is 0 Å². The van der Waals surface area contributed by atoms with Gasteiger partial charge in [0.25, 0.3) is 0 Å². The van der Waals surface area contributed by atoms with E-state index in [-0.39, 0.29) is 0 Å². The zero-order chi connectivity index (χ0) is 9.56. The average molecular weight is 166 g/mol. The second-order valence-electron chi connectivity index (χ2n) is 2.93. The molecule has 0 atom stereocenters. The zero-order valence-corrected chi connectivity index (χ0v) is 8.22. The van der Waals surface area contributed by atoms with Crippen LogP contribution in [0, 0.1) is 5.92 Å². The van der Waals surface area contributed by atoms with Crippen LogP contribution in [-0.2, 0) is 0 Å². The van der Waals surface area contributed by atoms with Gasteiger partial charge in [0.2, 0.25) is 0 Å². The predicted molar refractivity (Wildman–Crippen MR) is 55.0 cm³/mol. The maximum absolute atomic E-state index is 4.13. The number of hydrogen-bond donors (Lipinski definition) is 1. The Kier molecular flexibility index (Phi) is 5.09. The van der Waals surface area contributed by atoms with Crippen LogP contribution < -0.4 is 5.43 Å². The first-order valence-electron chi connectivity index (χ1n) is 4.25. The van der Waals surface area contributed by atoms with Crippen LogP contribution in [0.5, 0.6) is 0 Å². The molecule has 0 aliphatic carbocycles. The van der Waals surface area contributed by atoms with Crippen molar-refractivity contribution in [2.45, 2.75) is 27.2 Å². The third-order valence-corrected chi connectivity index (χ3v) is 1.69. The Bertz CT molecular complexity index is 190. The maximum Gasteiger partial charge on any atom is 0.0632 e. The van der Waals surface area contributed by atoms with E-state index in [1.165, 1.54) is 0 Å². The lowest BCUT2D eigenvalue weighted by Crippen LogP contribution is -2.10. The number of nitrogens with one attached hydrogen (secondary N) is 1. The van der Waals surface area contributed by atoms with Crippen molar-refractivity contribution in [2.75, 3.05) is 0 Å². The second-order valence-corrected chi connectivity index (χ2v) is 2.93. The van der Waals surface area contributed by atoms with E-state index in [1.807, 2.05) is 0 Å². The summed E-state index contributed by atoms with van der Waals surface area (Å²) in [6.45, 7) is 13.8. The quantitative estimate of drug-likeness (QED) is 0.493. The smallest absolute Gasteiger partial charge is 0.0632 e. The molecule has 0 aliphatic rings. The first kappa shape index (κ1) is 11.0. The van der Waals surface area contributed by atoms with Crippen LogP contribution in [0.2, 0.25) is 0 Å². The molecule has 0 aliphatic heterocycles. The van der Waals surface area contributed by atoms with Crippen LogP contribution in [0.1, 0.15) is 27.2 Å². The minimum atomic E-state index is 0.454. The molecule has 0 saturated carbocycles. The molecule has 0 fully saturated rings. The third-order valence-electron chi connectivity index (χ3n) is 1.69. The molecular formula is C10H18N2. The highest BCUT2D eigenvalue weighted by molar-refractivity contribution is 5.99. The zero-order valence-electron chi connectivity index (χ0n) is 8.22. The summed E-state index contributed by atoms with van der Waals surface area (Å²) in [6, 6.07) is 0.